The maximum atomic E-state index is 11.4. The molecule has 1 rings (SSSR count). The third-order valence-electron chi connectivity index (χ3n) is 2.58. The maximum absolute atomic E-state index is 11.4. The van der Waals surface area contributed by atoms with Crippen LogP contribution in [0, 0.1) is 0 Å². The Bertz CT molecular complexity index is 186. The number of halogens is 1. The van der Waals surface area contributed by atoms with Crippen LogP contribution in [-0.2, 0) is 4.79 Å². The number of likely N-dealkylation sites (N-methyl/N-ethyl adjacent to an activating group) is 2. The minimum absolute atomic E-state index is 0.0597. The lowest BCUT2D eigenvalue weighted by molar-refractivity contribution is -0.130. The average Bonchev–Trinajstić information content (AvgIpc) is 2.53. The molecule has 0 aliphatic carbocycles. The van der Waals surface area contributed by atoms with Gasteiger partial charge >= 0.3 is 0 Å². The van der Waals surface area contributed by atoms with Gasteiger partial charge in [0, 0.05) is 19.1 Å². The van der Waals surface area contributed by atoms with E-state index in [2.05, 4.69) is 11.9 Å². The zero-order valence-electron chi connectivity index (χ0n) is 8.29. The summed E-state index contributed by atoms with van der Waals surface area (Å²) in [5.74, 6) is 0.165. The summed E-state index contributed by atoms with van der Waals surface area (Å²) < 4.78 is 0. The van der Waals surface area contributed by atoms with Gasteiger partial charge in [0.05, 0.1) is 0 Å². The van der Waals surface area contributed by atoms with Gasteiger partial charge in [-0.25, -0.2) is 0 Å². The molecule has 0 N–H and O–H groups in total. The van der Waals surface area contributed by atoms with E-state index in [1.807, 2.05) is 11.8 Å². The number of likely N-dealkylation sites (tertiary alicyclic amines) is 1. The molecule has 0 unspecified atom stereocenters. The Labute approximate surface area is 84.6 Å². The second kappa shape index (κ2) is 4.82. The summed E-state index contributed by atoms with van der Waals surface area (Å²) in [4.78, 5) is 15.5. The van der Waals surface area contributed by atoms with Crippen LogP contribution < -0.4 is 0 Å². The maximum Gasteiger partial charge on any atom is 0.237 e. The summed E-state index contributed by atoms with van der Waals surface area (Å²) in [6.45, 7) is 4.83. The Morgan fingerprint density at radius 2 is 2.38 bits per heavy atom. The van der Waals surface area contributed by atoms with Gasteiger partial charge in [0.15, 0.2) is 0 Å². The third kappa shape index (κ3) is 2.58. The molecule has 0 aromatic carbocycles. The number of alkyl halides is 1. The van der Waals surface area contributed by atoms with Crippen LogP contribution >= 0.6 is 11.6 Å². The Kier molecular flexibility index (Phi) is 4.00. The number of carbonyl (C=O) groups excluding carboxylic acids is 1. The van der Waals surface area contributed by atoms with Crippen molar-refractivity contribution in [3.63, 3.8) is 0 Å². The molecular weight excluding hydrogens is 188 g/mol. The minimum Gasteiger partial charge on any atom is -0.338 e. The van der Waals surface area contributed by atoms with Crippen LogP contribution in [0.2, 0.25) is 0 Å². The normalized spacial score (nSPS) is 23.5. The van der Waals surface area contributed by atoms with Gasteiger partial charge in [-0.15, -0.1) is 11.6 Å². The molecule has 1 saturated heterocycles. The van der Waals surface area contributed by atoms with Gasteiger partial charge in [0.25, 0.3) is 0 Å². The van der Waals surface area contributed by atoms with Crippen molar-refractivity contribution in [2.45, 2.75) is 19.4 Å². The van der Waals surface area contributed by atoms with Gasteiger partial charge in [-0.1, -0.05) is 0 Å². The zero-order valence-corrected chi connectivity index (χ0v) is 9.05. The highest BCUT2D eigenvalue weighted by molar-refractivity contribution is 6.27. The highest BCUT2D eigenvalue weighted by Gasteiger charge is 2.27. The van der Waals surface area contributed by atoms with Gasteiger partial charge in [-0.2, -0.15) is 0 Å². The highest BCUT2D eigenvalue weighted by Crippen LogP contribution is 2.14. The van der Waals surface area contributed by atoms with Crippen LogP contribution in [0.3, 0.4) is 0 Å². The number of amides is 1. The van der Waals surface area contributed by atoms with Crippen molar-refractivity contribution in [3.05, 3.63) is 0 Å². The fourth-order valence-corrected chi connectivity index (χ4v) is 2.03. The quantitative estimate of drug-likeness (QED) is 0.635. The van der Waals surface area contributed by atoms with E-state index in [4.69, 9.17) is 11.6 Å². The first-order valence-corrected chi connectivity index (χ1v) is 5.26. The first-order chi connectivity index (χ1) is 6.19. The summed E-state index contributed by atoms with van der Waals surface area (Å²) in [6.07, 6.45) is 1.08. The monoisotopic (exact) mass is 204 g/mol. The van der Waals surface area contributed by atoms with Crippen LogP contribution in [-0.4, -0.2) is 54.3 Å². The first kappa shape index (κ1) is 10.8. The SMILES string of the molecule is CCN(C(=O)CCl)[C@H]1CCN(C)C1. The third-order valence-corrected chi connectivity index (χ3v) is 2.81. The molecule has 4 heteroatoms. The molecule has 1 fully saturated rings. The molecule has 1 atom stereocenters. The number of hydrogen-bond donors (Lipinski definition) is 0. The van der Waals surface area contributed by atoms with Crippen molar-refractivity contribution >= 4 is 17.5 Å². The summed E-state index contributed by atoms with van der Waals surface area (Å²) in [7, 11) is 2.08. The molecule has 0 bridgehead atoms. The molecule has 0 radical (unpaired) electrons. The highest BCUT2D eigenvalue weighted by atomic mass is 35.5. The van der Waals surface area contributed by atoms with E-state index in [1.54, 1.807) is 0 Å². The summed E-state index contributed by atoms with van der Waals surface area (Å²) in [5.41, 5.74) is 0. The van der Waals surface area contributed by atoms with Crippen LogP contribution in [0.1, 0.15) is 13.3 Å². The van der Waals surface area contributed by atoms with E-state index in [-0.39, 0.29) is 11.8 Å². The van der Waals surface area contributed by atoms with E-state index in [1.165, 1.54) is 0 Å². The fraction of sp³-hybridized carbons (Fsp3) is 0.889. The number of hydrogen-bond acceptors (Lipinski definition) is 2. The van der Waals surface area contributed by atoms with Crippen molar-refractivity contribution < 1.29 is 4.79 Å². The summed E-state index contributed by atoms with van der Waals surface area (Å²) in [5, 5.41) is 0. The lowest BCUT2D eigenvalue weighted by Crippen LogP contribution is -2.42. The van der Waals surface area contributed by atoms with Gasteiger partial charge in [-0.05, 0) is 26.9 Å². The van der Waals surface area contributed by atoms with Gasteiger partial charge in [0.1, 0.15) is 5.88 Å². The van der Waals surface area contributed by atoms with Gasteiger partial charge < -0.3 is 9.80 Å². The van der Waals surface area contributed by atoms with E-state index < -0.39 is 0 Å². The van der Waals surface area contributed by atoms with E-state index in [0.717, 1.165) is 26.1 Å². The average molecular weight is 205 g/mol. The molecule has 1 amide bonds. The molecule has 13 heavy (non-hydrogen) atoms. The predicted molar refractivity (Wildman–Crippen MR) is 54.0 cm³/mol. The largest absolute Gasteiger partial charge is 0.338 e. The second-order valence-electron chi connectivity index (χ2n) is 3.52. The Balaban J connectivity index is 2.51. The van der Waals surface area contributed by atoms with E-state index in [0.29, 0.717) is 6.04 Å². The zero-order chi connectivity index (χ0) is 9.84. The number of rotatable bonds is 3. The number of carbonyl (C=O) groups is 1. The van der Waals surface area contributed by atoms with Crippen molar-refractivity contribution in [2.75, 3.05) is 32.6 Å². The van der Waals surface area contributed by atoms with Crippen LogP contribution in [0.5, 0.6) is 0 Å². The minimum atomic E-state index is 0.0597. The second-order valence-corrected chi connectivity index (χ2v) is 3.79. The molecule has 0 spiro atoms. The molecule has 1 aliphatic rings. The lowest BCUT2D eigenvalue weighted by atomic mass is 10.2. The van der Waals surface area contributed by atoms with E-state index in [9.17, 15) is 4.79 Å². The van der Waals surface area contributed by atoms with Crippen LogP contribution in [0.15, 0.2) is 0 Å². The van der Waals surface area contributed by atoms with Crippen LogP contribution in [0.25, 0.3) is 0 Å². The van der Waals surface area contributed by atoms with Gasteiger partial charge in [0.2, 0.25) is 5.91 Å². The van der Waals surface area contributed by atoms with Crippen molar-refractivity contribution in [2.24, 2.45) is 0 Å². The summed E-state index contributed by atoms with van der Waals surface area (Å²) in [6, 6.07) is 0.376. The standard InChI is InChI=1S/C9H17ClN2O/c1-3-12(9(13)6-10)8-4-5-11(2)7-8/h8H,3-7H2,1-2H3/t8-/m0/s1. The molecule has 0 aromatic heterocycles. The Morgan fingerprint density at radius 3 is 2.77 bits per heavy atom. The van der Waals surface area contributed by atoms with Crippen molar-refractivity contribution in [3.8, 4) is 0 Å². The smallest absolute Gasteiger partial charge is 0.237 e. The Hall–Kier alpha value is -0.280. The van der Waals surface area contributed by atoms with E-state index >= 15 is 0 Å². The number of nitrogens with zero attached hydrogens (tertiary/aromatic N) is 2. The predicted octanol–water partition coefficient (Wildman–Crippen LogP) is 0.778. The molecule has 0 aromatic rings. The molecule has 1 aliphatic heterocycles. The van der Waals surface area contributed by atoms with Crippen LogP contribution in [0.4, 0.5) is 0 Å². The molecule has 76 valence electrons. The molecule has 3 nitrogen and oxygen atoms in total. The van der Waals surface area contributed by atoms with Gasteiger partial charge in [-0.3, -0.25) is 4.79 Å². The lowest BCUT2D eigenvalue weighted by Gasteiger charge is -2.26. The van der Waals surface area contributed by atoms with Crippen molar-refractivity contribution in [1.82, 2.24) is 9.80 Å². The Morgan fingerprint density at radius 1 is 1.69 bits per heavy atom. The first-order valence-electron chi connectivity index (χ1n) is 4.73. The molecule has 1 heterocycles. The molecular formula is C9H17ClN2O. The molecule has 0 saturated carbocycles. The topological polar surface area (TPSA) is 23.6 Å². The van der Waals surface area contributed by atoms with Crippen molar-refractivity contribution in [1.29, 1.82) is 0 Å². The summed E-state index contributed by atoms with van der Waals surface area (Å²) >= 11 is 5.54. The fourth-order valence-electron chi connectivity index (χ4n) is 1.88.